The van der Waals surface area contributed by atoms with Crippen molar-refractivity contribution in [2.24, 2.45) is 0 Å². The molecule has 0 aliphatic heterocycles. The van der Waals surface area contributed by atoms with Gasteiger partial charge in [0.2, 0.25) is 0 Å². The Morgan fingerprint density at radius 3 is 0.986 bits per heavy atom. The molecular formula is C63H90O9. The molecule has 6 aromatic rings. The van der Waals surface area contributed by atoms with Gasteiger partial charge in [-0.2, -0.15) is 0 Å². The van der Waals surface area contributed by atoms with Crippen molar-refractivity contribution in [3.63, 3.8) is 0 Å². The summed E-state index contributed by atoms with van der Waals surface area (Å²) in [7, 11) is 0. The third kappa shape index (κ3) is 37.8. The summed E-state index contributed by atoms with van der Waals surface area (Å²) >= 11 is 0. The lowest BCUT2D eigenvalue weighted by Gasteiger charge is -2.19. The number of carbonyl (C=O) groups is 4. The minimum Gasteiger partial charge on any atom is -0.481 e. The maximum absolute atomic E-state index is 9.51. The van der Waals surface area contributed by atoms with E-state index in [9.17, 15) is 9.59 Å². The third-order valence-corrected chi connectivity index (χ3v) is 9.21. The van der Waals surface area contributed by atoms with Gasteiger partial charge >= 0.3 is 11.9 Å². The van der Waals surface area contributed by atoms with Gasteiger partial charge in [0.25, 0.3) is 11.9 Å². The van der Waals surface area contributed by atoms with Crippen LogP contribution in [-0.4, -0.2) is 44.3 Å². The van der Waals surface area contributed by atoms with E-state index in [1.54, 1.807) is 13.8 Å². The van der Waals surface area contributed by atoms with Crippen molar-refractivity contribution in [3.05, 3.63) is 192 Å². The van der Waals surface area contributed by atoms with Crippen LogP contribution in [0, 0.1) is 0 Å². The Labute approximate surface area is 434 Å². The lowest BCUT2D eigenvalue weighted by molar-refractivity contribution is -0.137. The zero-order valence-corrected chi connectivity index (χ0v) is 44.7. The van der Waals surface area contributed by atoms with Crippen molar-refractivity contribution in [1.82, 2.24) is 0 Å². The summed E-state index contributed by atoms with van der Waals surface area (Å²) in [6, 6.07) is 54.4. The van der Waals surface area contributed by atoms with Gasteiger partial charge in [-0.25, -0.2) is 4.79 Å². The monoisotopic (exact) mass is 991 g/mol. The summed E-state index contributed by atoms with van der Waals surface area (Å²) in [6.45, 7) is 32.1. The predicted octanol–water partition coefficient (Wildman–Crippen LogP) is 17.5. The van der Waals surface area contributed by atoms with Crippen molar-refractivity contribution in [2.45, 2.75) is 154 Å². The molecule has 6 rings (SSSR count). The number of hydrogen-bond donors (Lipinski definition) is 4. The van der Waals surface area contributed by atoms with E-state index in [0.29, 0.717) is 10.8 Å². The standard InChI is InChI=1S/C16H18O.C14H16.2C10H14.C4H6O2.C3H6O2.2C2H4O2.2CH4/c1-16(2,3)13-9-11-15(12-10-13)17-14-7-5-4-6-8-14;1-14(2,3)13-9-8-11-6-4-5-7-12(11)10-13;2*1-10(2,3)9-7-5-4-6-8-9;1-2-3-4(5)6;1-2-3(4)5;2*1-2(3)4;;/h4-12H,1-3H3;4-10H,1-3H3;2*4-8H,1-3H3;2-3H,1H3,(H,5,6);2H2,1H3,(H,4,5);2*1H3,(H,3,4);2*1H4/b;;;;3-2+;;;;;. The van der Waals surface area contributed by atoms with Crippen LogP contribution in [0.5, 0.6) is 11.5 Å². The fourth-order valence-corrected chi connectivity index (χ4v) is 5.32. The van der Waals surface area contributed by atoms with E-state index in [2.05, 4.69) is 198 Å². The summed E-state index contributed by atoms with van der Waals surface area (Å²) in [6.07, 6.45) is 2.78. The molecule has 0 spiro atoms. The molecule has 0 unspecified atom stereocenters. The Kier molecular flexibility index (Phi) is 36.6. The van der Waals surface area contributed by atoms with E-state index in [4.69, 9.17) is 34.8 Å². The second kappa shape index (κ2) is 36.9. The Balaban J connectivity index is -0.000000385. The lowest BCUT2D eigenvalue weighted by Crippen LogP contribution is -2.10. The first-order valence-corrected chi connectivity index (χ1v) is 23.2. The summed E-state index contributed by atoms with van der Waals surface area (Å²) < 4.78 is 5.75. The number of fused-ring (bicyclic) bond motifs is 1. The highest BCUT2D eigenvalue weighted by atomic mass is 16.5. The minimum absolute atomic E-state index is 0. The Bertz CT molecular complexity index is 2310. The number of carboxylic acid groups (broad SMARTS) is 4. The van der Waals surface area contributed by atoms with Gasteiger partial charge in [0.05, 0.1) is 0 Å². The van der Waals surface area contributed by atoms with Gasteiger partial charge in [-0.05, 0) is 85.9 Å². The van der Waals surface area contributed by atoms with Crippen molar-refractivity contribution < 1.29 is 44.3 Å². The van der Waals surface area contributed by atoms with Crippen molar-refractivity contribution in [3.8, 4) is 11.5 Å². The summed E-state index contributed by atoms with van der Waals surface area (Å²) in [5.41, 5.74) is 6.52. The molecule has 0 aliphatic rings. The van der Waals surface area contributed by atoms with Gasteiger partial charge in [-0.15, -0.1) is 0 Å². The number of allylic oxidation sites excluding steroid dienone is 1. The molecule has 0 atom stereocenters. The number of aliphatic carboxylic acids is 4. The number of ether oxygens (including phenoxy) is 1. The van der Waals surface area contributed by atoms with Crippen molar-refractivity contribution >= 4 is 34.6 Å². The molecule has 0 saturated heterocycles. The van der Waals surface area contributed by atoms with E-state index in [0.717, 1.165) is 31.4 Å². The smallest absolute Gasteiger partial charge is 0.327 e. The highest BCUT2D eigenvalue weighted by Gasteiger charge is 2.15. The molecule has 396 valence electrons. The van der Waals surface area contributed by atoms with E-state index in [1.165, 1.54) is 39.1 Å². The van der Waals surface area contributed by atoms with Crippen LogP contribution in [0.2, 0.25) is 0 Å². The molecule has 0 radical (unpaired) electrons. The zero-order valence-electron chi connectivity index (χ0n) is 44.7. The quantitative estimate of drug-likeness (QED) is 0.126. The van der Waals surface area contributed by atoms with E-state index < -0.39 is 23.9 Å². The van der Waals surface area contributed by atoms with Crippen molar-refractivity contribution in [2.75, 3.05) is 0 Å². The zero-order chi connectivity index (χ0) is 54.1. The molecule has 4 N–H and O–H groups in total. The first kappa shape index (κ1) is 71.6. The minimum atomic E-state index is -0.891. The highest BCUT2D eigenvalue weighted by Crippen LogP contribution is 2.28. The van der Waals surface area contributed by atoms with Crippen LogP contribution < -0.4 is 4.74 Å². The fraction of sp³-hybridized carbons (Fsp3) is 0.365. The van der Waals surface area contributed by atoms with Crippen LogP contribution in [0.25, 0.3) is 10.8 Å². The van der Waals surface area contributed by atoms with Gasteiger partial charge in [0.1, 0.15) is 11.5 Å². The van der Waals surface area contributed by atoms with E-state index >= 15 is 0 Å². The number of benzene rings is 6. The average molecular weight is 991 g/mol. The lowest BCUT2D eigenvalue weighted by atomic mass is 9.86. The van der Waals surface area contributed by atoms with Crippen LogP contribution in [0.15, 0.2) is 170 Å². The molecule has 9 nitrogen and oxygen atoms in total. The molecule has 0 bridgehead atoms. The molecule has 0 heterocycles. The molecule has 0 fully saturated rings. The van der Waals surface area contributed by atoms with Crippen LogP contribution >= 0.6 is 0 Å². The first-order valence-electron chi connectivity index (χ1n) is 23.2. The Morgan fingerprint density at radius 2 is 0.708 bits per heavy atom. The second-order valence-corrected chi connectivity index (χ2v) is 19.9. The molecule has 0 saturated carbocycles. The van der Waals surface area contributed by atoms with Crippen LogP contribution in [0.3, 0.4) is 0 Å². The molecule has 72 heavy (non-hydrogen) atoms. The van der Waals surface area contributed by atoms with Crippen LogP contribution in [0.1, 0.15) is 154 Å². The molecule has 9 heteroatoms. The van der Waals surface area contributed by atoms with E-state index in [-0.39, 0.29) is 32.1 Å². The SMILES string of the molecule is C.C.C/C=C/C(=O)O.CC(=O)O.CC(=O)O.CC(C)(C)c1ccc(Oc2ccccc2)cc1.CC(C)(C)c1ccc2ccccc2c1.CC(C)(C)c1ccccc1.CC(C)(C)c1ccccc1.CCC(=O)O. The first-order chi connectivity index (χ1) is 32.3. The molecular weight excluding hydrogens is 901 g/mol. The van der Waals surface area contributed by atoms with Crippen molar-refractivity contribution in [1.29, 1.82) is 0 Å². The molecule has 6 aromatic carbocycles. The van der Waals surface area contributed by atoms with Gasteiger partial charge in [0.15, 0.2) is 0 Å². The topological polar surface area (TPSA) is 158 Å². The third-order valence-electron chi connectivity index (χ3n) is 9.21. The second-order valence-electron chi connectivity index (χ2n) is 19.9. The fourth-order valence-electron chi connectivity index (χ4n) is 5.32. The number of carboxylic acids is 4. The Hall–Kier alpha value is -7.00. The highest BCUT2D eigenvalue weighted by molar-refractivity contribution is 5.83. The summed E-state index contributed by atoms with van der Waals surface area (Å²) in [5, 5.41) is 33.0. The largest absolute Gasteiger partial charge is 0.481 e. The van der Waals surface area contributed by atoms with E-state index in [1.807, 2.05) is 42.5 Å². The Morgan fingerprint density at radius 1 is 0.431 bits per heavy atom. The number of hydrogen-bond acceptors (Lipinski definition) is 5. The van der Waals surface area contributed by atoms with Gasteiger partial charge in [0, 0.05) is 26.3 Å². The van der Waals surface area contributed by atoms with Gasteiger partial charge < -0.3 is 25.2 Å². The average Bonchev–Trinajstić information content (AvgIpc) is 3.27. The molecule has 0 amide bonds. The van der Waals surface area contributed by atoms with Crippen LogP contribution in [0.4, 0.5) is 0 Å². The predicted molar refractivity (Wildman–Crippen MR) is 305 cm³/mol. The molecule has 0 aliphatic carbocycles. The summed E-state index contributed by atoms with van der Waals surface area (Å²) in [4.78, 5) is 36.9. The number of para-hydroxylation sites is 1. The van der Waals surface area contributed by atoms with Crippen LogP contribution in [-0.2, 0) is 40.8 Å². The normalized spacial score (nSPS) is 10.2. The summed E-state index contributed by atoms with van der Waals surface area (Å²) in [5.74, 6) is -1.55. The number of rotatable bonds is 4. The maximum Gasteiger partial charge on any atom is 0.327 e. The maximum atomic E-state index is 9.51. The molecule has 0 aromatic heterocycles. The van der Waals surface area contributed by atoms with Gasteiger partial charge in [-0.1, -0.05) is 244 Å². The van der Waals surface area contributed by atoms with Gasteiger partial charge in [-0.3, -0.25) is 14.4 Å².